The van der Waals surface area contributed by atoms with Gasteiger partial charge in [0.2, 0.25) is 0 Å². The van der Waals surface area contributed by atoms with Crippen molar-refractivity contribution in [3.05, 3.63) is 36.0 Å². The molecule has 1 saturated heterocycles. The Morgan fingerprint density at radius 2 is 2.24 bits per heavy atom. The van der Waals surface area contributed by atoms with Crippen LogP contribution in [-0.2, 0) is 14.3 Å². The van der Waals surface area contributed by atoms with Crippen LogP contribution in [0.25, 0.3) is 10.9 Å². The maximum atomic E-state index is 12.0. The molecule has 0 amide bonds. The highest BCUT2D eigenvalue weighted by Crippen LogP contribution is 2.29. The lowest BCUT2D eigenvalue weighted by molar-refractivity contribution is -0.144. The van der Waals surface area contributed by atoms with Crippen molar-refractivity contribution in [2.24, 2.45) is 0 Å². The second-order valence-electron chi connectivity index (χ2n) is 5.11. The maximum Gasteiger partial charge on any atom is 0.330 e. The van der Waals surface area contributed by atoms with Crippen LogP contribution < -0.4 is 4.90 Å². The molecule has 21 heavy (non-hydrogen) atoms. The number of fused-ring (bicyclic) bond motifs is 1. The number of carbonyl (C=O) groups is 1. The van der Waals surface area contributed by atoms with Crippen molar-refractivity contribution >= 4 is 22.6 Å². The Labute approximate surface area is 123 Å². The van der Waals surface area contributed by atoms with E-state index in [9.17, 15) is 4.79 Å². The third kappa shape index (κ3) is 2.56. The van der Waals surface area contributed by atoms with Crippen LogP contribution in [0.5, 0.6) is 0 Å². The minimum atomic E-state index is -0.408. The van der Waals surface area contributed by atoms with E-state index >= 15 is 0 Å². The van der Waals surface area contributed by atoms with Crippen molar-refractivity contribution in [2.75, 3.05) is 31.8 Å². The molecule has 0 N–H and O–H groups in total. The number of carbonyl (C=O) groups excluding carboxylic acids is 1. The van der Waals surface area contributed by atoms with Gasteiger partial charge in [0.1, 0.15) is 0 Å². The highest BCUT2D eigenvalue weighted by Gasteiger charge is 2.31. The molecule has 0 saturated carbocycles. The smallest absolute Gasteiger partial charge is 0.330 e. The van der Waals surface area contributed by atoms with Crippen molar-refractivity contribution in [2.45, 2.75) is 13.0 Å². The number of ether oxygens (including phenoxy) is 2. The molecule has 0 bridgehead atoms. The molecule has 2 aromatic rings. The third-order valence-electron chi connectivity index (χ3n) is 3.73. The number of anilines is 1. The predicted molar refractivity (Wildman–Crippen MR) is 80.4 cm³/mol. The zero-order valence-electron chi connectivity index (χ0n) is 12.2. The number of esters is 1. The summed E-state index contributed by atoms with van der Waals surface area (Å²) in [4.78, 5) is 18.6. The SMILES string of the molecule is COC(=O)C1COCCN1c1cc(C)nc2ccccc12. The molecule has 1 aliphatic rings. The van der Waals surface area contributed by atoms with Crippen molar-refractivity contribution in [3.8, 4) is 0 Å². The van der Waals surface area contributed by atoms with Gasteiger partial charge in [0.15, 0.2) is 6.04 Å². The Morgan fingerprint density at radius 3 is 3.05 bits per heavy atom. The van der Waals surface area contributed by atoms with Crippen molar-refractivity contribution in [1.29, 1.82) is 0 Å². The van der Waals surface area contributed by atoms with Crippen molar-refractivity contribution < 1.29 is 14.3 Å². The summed E-state index contributed by atoms with van der Waals surface area (Å²) in [5, 5.41) is 1.04. The van der Waals surface area contributed by atoms with Gasteiger partial charge in [-0.15, -0.1) is 0 Å². The lowest BCUT2D eigenvalue weighted by Gasteiger charge is -2.36. The molecule has 0 radical (unpaired) electrons. The second-order valence-corrected chi connectivity index (χ2v) is 5.11. The first kappa shape index (κ1) is 13.8. The van der Waals surface area contributed by atoms with Gasteiger partial charge < -0.3 is 14.4 Å². The average molecular weight is 286 g/mol. The zero-order chi connectivity index (χ0) is 14.8. The number of hydrogen-bond acceptors (Lipinski definition) is 5. The Hall–Kier alpha value is -2.14. The van der Waals surface area contributed by atoms with Gasteiger partial charge in [0.05, 0.1) is 25.8 Å². The fourth-order valence-corrected chi connectivity index (χ4v) is 2.75. The lowest BCUT2D eigenvalue weighted by atomic mass is 10.1. The molecule has 1 atom stereocenters. The summed E-state index contributed by atoms with van der Waals surface area (Å²) < 4.78 is 10.3. The van der Waals surface area contributed by atoms with E-state index < -0.39 is 6.04 Å². The summed E-state index contributed by atoms with van der Waals surface area (Å²) in [7, 11) is 1.41. The molecule has 0 aliphatic carbocycles. The highest BCUT2D eigenvalue weighted by atomic mass is 16.5. The van der Waals surface area contributed by atoms with Gasteiger partial charge in [-0.05, 0) is 19.1 Å². The number of aryl methyl sites for hydroxylation is 1. The summed E-state index contributed by atoms with van der Waals surface area (Å²) in [6.07, 6.45) is 0. The average Bonchev–Trinajstić information content (AvgIpc) is 2.53. The summed E-state index contributed by atoms with van der Waals surface area (Å²) >= 11 is 0. The van der Waals surface area contributed by atoms with Crippen LogP contribution in [0.15, 0.2) is 30.3 Å². The Morgan fingerprint density at radius 1 is 1.43 bits per heavy atom. The van der Waals surface area contributed by atoms with Crippen molar-refractivity contribution in [1.82, 2.24) is 4.98 Å². The topological polar surface area (TPSA) is 51.7 Å². The van der Waals surface area contributed by atoms with Crippen LogP contribution >= 0.6 is 0 Å². The highest BCUT2D eigenvalue weighted by molar-refractivity contribution is 5.94. The Kier molecular flexibility index (Phi) is 3.75. The number of para-hydroxylation sites is 1. The van der Waals surface area contributed by atoms with E-state index in [0.717, 1.165) is 22.3 Å². The van der Waals surface area contributed by atoms with Crippen LogP contribution in [0, 0.1) is 6.92 Å². The lowest BCUT2D eigenvalue weighted by Crippen LogP contribution is -2.50. The number of morpholine rings is 1. The van der Waals surface area contributed by atoms with Gasteiger partial charge in [0.25, 0.3) is 0 Å². The van der Waals surface area contributed by atoms with E-state index in [4.69, 9.17) is 9.47 Å². The standard InChI is InChI=1S/C16H18N2O3/c1-11-9-14(12-5-3-4-6-13(12)17-11)18-7-8-21-10-15(18)16(19)20-2/h3-6,9,15H,7-8,10H2,1-2H3. The van der Waals surface area contributed by atoms with E-state index in [0.29, 0.717) is 19.8 Å². The minimum Gasteiger partial charge on any atom is -0.467 e. The molecule has 2 heterocycles. The monoisotopic (exact) mass is 286 g/mol. The van der Waals surface area contributed by atoms with Crippen molar-refractivity contribution in [3.63, 3.8) is 0 Å². The molecule has 1 aliphatic heterocycles. The first-order chi connectivity index (χ1) is 10.2. The number of methoxy groups -OCH3 is 1. The summed E-state index contributed by atoms with van der Waals surface area (Å²) in [6, 6.07) is 9.57. The Balaban J connectivity index is 2.11. The van der Waals surface area contributed by atoms with Gasteiger partial charge in [-0.3, -0.25) is 4.98 Å². The molecular weight excluding hydrogens is 268 g/mol. The molecule has 5 nitrogen and oxygen atoms in total. The van der Waals surface area contributed by atoms with Crippen LogP contribution in [0.1, 0.15) is 5.69 Å². The summed E-state index contributed by atoms with van der Waals surface area (Å²) in [5.41, 5.74) is 2.87. The molecule has 1 fully saturated rings. The fourth-order valence-electron chi connectivity index (χ4n) is 2.75. The first-order valence-corrected chi connectivity index (χ1v) is 6.99. The van der Waals surface area contributed by atoms with Crippen LogP contribution in [0.2, 0.25) is 0 Å². The van der Waals surface area contributed by atoms with E-state index in [1.807, 2.05) is 37.3 Å². The zero-order valence-corrected chi connectivity index (χ0v) is 12.2. The normalized spacial score (nSPS) is 18.8. The molecule has 1 aromatic heterocycles. The largest absolute Gasteiger partial charge is 0.467 e. The summed E-state index contributed by atoms with van der Waals surface area (Å²) in [5.74, 6) is -0.270. The van der Waals surface area contributed by atoms with Crippen LogP contribution in [0.3, 0.4) is 0 Å². The van der Waals surface area contributed by atoms with Gasteiger partial charge in [-0.25, -0.2) is 4.79 Å². The number of rotatable bonds is 2. The third-order valence-corrected chi connectivity index (χ3v) is 3.73. The maximum absolute atomic E-state index is 12.0. The van der Waals surface area contributed by atoms with E-state index in [2.05, 4.69) is 9.88 Å². The minimum absolute atomic E-state index is 0.270. The predicted octanol–water partition coefficient (Wildman–Crippen LogP) is 1.92. The first-order valence-electron chi connectivity index (χ1n) is 6.99. The molecule has 1 aromatic carbocycles. The molecule has 1 unspecified atom stereocenters. The number of benzene rings is 1. The molecular formula is C16H18N2O3. The number of nitrogens with zero attached hydrogens (tertiary/aromatic N) is 2. The van der Waals surface area contributed by atoms with E-state index in [1.165, 1.54) is 7.11 Å². The molecule has 0 spiro atoms. The molecule has 110 valence electrons. The fraction of sp³-hybridized carbons (Fsp3) is 0.375. The Bertz CT molecular complexity index is 672. The van der Waals surface area contributed by atoms with Crippen LogP contribution in [-0.4, -0.2) is 43.9 Å². The molecule has 5 heteroatoms. The number of hydrogen-bond donors (Lipinski definition) is 0. The number of pyridine rings is 1. The van der Waals surface area contributed by atoms with E-state index in [1.54, 1.807) is 0 Å². The van der Waals surface area contributed by atoms with Gasteiger partial charge >= 0.3 is 5.97 Å². The van der Waals surface area contributed by atoms with Gasteiger partial charge in [-0.1, -0.05) is 18.2 Å². The van der Waals surface area contributed by atoms with Gasteiger partial charge in [0, 0.05) is 23.3 Å². The van der Waals surface area contributed by atoms with Gasteiger partial charge in [-0.2, -0.15) is 0 Å². The van der Waals surface area contributed by atoms with Crippen LogP contribution in [0.4, 0.5) is 5.69 Å². The quantitative estimate of drug-likeness (QED) is 0.789. The number of aromatic nitrogens is 1. The summed E-state index contributed by atoms with van der Waals surface area (Å²) in [6.45, 7) is 3.57. The second kappa shape index (κ2) is 5.69. The molecule has 3 rings (SSSR count). The van der Waals surface area contributed by atoms with E-state index in [-0.39, 0.29) is 5.97 Å².